The highest BCUT2D eigenvalue weighted by Gasteiger charge is 2.53. The van der Waals surface area contributed by atoms with Gasteiger partial charge in [-0.25, -0.2) is 4.39 Å². The van der Waals surface area contributed by atoms with Crippen molar-refractivity contribution >= 4 is 7.12 Å². The lowest BCUT2D eigenvalue weighted by molar-refractivity contribution is 0.00578. The molecule has 0 bridgehead atoms. The largest absolute Gasteiger partial charge is 0.525 e. The minimum Gasteiger partial charge on any atom is -0.398 e. The van der Waals surface area contributed by atoms with Gasteiger partial charge in [-0.2, -0.15) is 0 Å². The van der Waals surface area contributed by atoms with Crippen molar-refractivity contribution in [3.05, 3.63) is 11.3 Å². The molecule has 0 unspecified atom stereocenters. The molecule has 1 saturated heterocycles. The summed E-state index contributed by atoms with van der Waals surface area (Å²) < 4.78 is 25.2. The van der Waals surface area contributed by atoms with Gasteiger partial charge in [-0.3, -0.25) is 0 Å². The standard InChI is InChI=1S/C11H19BFNO2/c1-10(2)11(3,4)16-12(15-10)9(13)7-5-8(14)6-7/h8H,5-6,14H2,1-4H3. The minimum atomic E-state index is -0.854. The lowest BCUT2D eigenvalue weighted by Crippen LogP contribution is -2.41. The second-order valence-corrected chi connectivity index (χ2v) is 5.71. The average Bonchev–Trinajstić information content (AvgIpc) is 2.30. The van der Waals surface area contributed by atoms with Crippen molar-refractivity contribution in [1.29, 1.82) is 0 Å². The zero-order valence-electron chi connectivity index (χ0n) is 10.3. The first-order valence-electron chi connectivity index (χ1n) is 5.71. The summed E-state index contributed by atoms with van der Waals surface area (Å²) >= 11 is 0. The molecule has 90 valence electrons. The summed E-state index contributed by atoms with van der Waals surface area (Å²) in [6.45, 7) is 7.66. The monoisotopic (exact) mass is 227 g/mol. The van der Waals surface area contributed by atoms with Gasteiger partial charge in [0.05, 0.1) is 11.2 Å². The van der Waals surface area contributed by atoms with Crippen molar-refractivity contribution in [2.45, 2.75) is 57.8 Å². The zero-order chi connectivity index (χ0) is 12.1. The first kappa shape index (κ1) is 12.1. The Morgan fingerprint density at radius 1 is 1.25 bits per heavy atom. The van der Waals surface area contributed by atoms with Crippen molar-refractivity contribution in [2.24, 2.45) is 5.73 Å². The Kier molecular flexibility index (Phi) is 2.68. The number of nitrogens with two attached hydrogens (primary N) is 1. The highest BCUT2D eigenvalue weighted by atomic mass is 19.1. The molecule has 3 nitrogen and oxygen atoms in total. The van der Waals surface area contributed by atoms with Crippen molar-refractivity contribution in [1.82, 2.24) is 0 Å². The van der Waals surface area contributed by atoms with Gasteiger partial charge in [0.25, 0.3) is 0 Å². The third-order valence-electron chi connectivity index (χ3n) is 3.82. The molecule has 2 aliphatic rings. The van der Waals surface area contributed by atoms with Crippen molar-refractivity contribution in [3.8, 4) is 0 Å². The molecule has 16 heavy (non-hydrogen) atoms. The highest BCUT2D eigenvalue weighted by Crippen LogP contribution is 2.41. The molecule has 0 atom stereocenters. The molecule has 0 aromatic carbocycles. The van der Waals surface area contributed by atoms with E-state index in [4.69, 9.17) is 15.0 Å². The molecule has 1 saturated carbocycles. The molecule has 0 aromatic heterocycles. The third-order valence-corrected chi connectivity index (χ3v) is 3.82. The van der Waals surface area contributed by atoms with Gasteiger partial charge < -0.3 is 15.0 Å². The molecule has 2 fully saturated rings. The van der Waals surface area contributed by atoms with Crippen LogP contribution in [0, 0.1) is 0 Å². The molecule has 0 spiro atoms. The first-order chi connectivity index (χ1) is 7.23. The number of halogens is 1. The van der Waals surface area contributed by atoms with Crippen LogP contribution in [0.3, 0.4) is 0 Å². The molecule has 0 radical (unpaired) electrons. The average molecular weight is 227 g/mol. The van der Waals surface area contributed by atoms with Gasteiger partial charge in [-0.05, 0) is 46.1 Å². The molecule has 5 heteroatoms. The van der Waals surface area contributed by atoms with Crippen LogP contribution in [0.5, 0.6) is 0 Å². The summed E-state index contributed by atoms with van der Waals surface area (Å²) in [5, 5.41) is 0. The van der Waals surface area contributed by atoms with Crippen LogP contribution in [-0.2, 0) is 9.31 Å². The molecular weight excluding hydrogens is 208 g/mol. The lowest BCUT2D eigenvalue weighted by atomic mass is 9.76. The lowest BCUT2D eigenvalue weighted by Gasteiger charge is -2.32. The molecular formula is C11H19BFNO2. The summed E-state index contributed by atoms with van der Waals surface area (Å²) in [4.78, 5) is 0. The van der Waals surface area contributed by atoms with Crippen LogP contribution >= 0.6 is 0 Å². The number of hydrogen-bond donors (Lipinski definition) is 1. The SMILES string of the molecule is CC1(C)OB(C(F)=C2CC(N)C2)OC1(C)C. The van der Waals surface area contributed by atoms with E-state index in [0.717, 1.165) is 5.57 Å². The Morgan fingerprint density at radius 3 is 2.06 bits per heavy atom. The van der Waals surface area contributed by atoms with Gasteiger partial charge >= 0.3 is 7.12 Å². The second kappa shape index (κ2) is 3.55. The van der Waals surface area contributed by atoms with Gasteiger partial charge in [0, 0.05) is 6.04 Å². The summed E-state index contributed by atoms with van der Waals surface area (Å²) in [5.41, 5.74) is 5.12. The van der Waals surface area contributed by atoms with Gasteiger partial charge in [-0.1, -0.05) is 0 Å². The van der Waals surface area contributed by atoms with Gasteiger partial charge in [0.2, 0.25) is 0 Å². The van der Waals surface area contributed by atoms with Gasteiger partial charge in [-0.15, -0.1) is 0 Å². The van der Waals surface area contributed by atoms with Gasteiger partial charge in [0.15, 0.2) is 0 Å². The van der Waals surface area contributed by atoms with Crippen LogP contribution in [-0.4, -0.2) is 24.4 Å². The fourth-order valence-corrected chi connectivity index (χ4v) is 1.88. The Hall–Kier alpha value is -0.385. The Morgan fingerprint density at radius 2 is 1.69 bits per heavy atom. The van der Waals surface area contributed by atoms with E-state index < -0.39 is 18.3 Å². The molecule has 0 aromatic rings. The number of hydrogen-bond acceptors (Lipinski definition) is 3. The molecule has 2 rings (SSSR count). The van der Waals surface area contributed by atoms with E-state index in [1.165, 1.54) is 0 Å². The summed E-state index contributed by atoms with van der Waals surface area (Å²) in [6, 6.07) is 0.100. The zero-order valence-corrected chi connectivity index (χ0v) is 10.3. The van der Waals surface area contributed by atoms with E-state index in [-0.39, 0.29) is 11.8 Å². The summed E-state index contributed by atoms with van der Waals surface area (Å²) in [6.07, 6.45) is 1.24. The number of rotatable bonds is 1. The quantitative estimate of drug-likeness (QED) is 0.696. The summed E-state index contributed by atoms with van der Waals surface area (Å²) in [7, 11) is -0.854. The third kappa shape index (κ3) is 1.81. The molecule has 0 amide bonds. The van der Waals surface area contributed by atoms with E-state index in [1.807, 2.05) is 27.7 Å². The van der Waals surface area contributed by atoms with E-state index >= 15 is 0 Å². The van der Waals surface area contributed by atoms with E-state index in [1.54, 1.807) is 0 Å². The van der Waals surface area contributed by atoms with E-state index in [2.05, 4.69) is 0 Å². The van der Waals surface area contributed by atoms with Crippen LogP contribution < -0.4 is 5.73 Å². The maximum absolute atomic E-state index is 14.0. The van der Waals surface area contributed by atoms with E-state index in [9.17, 15) is 4.39 Å². The van der Waals surface area contributed by atoms with Crippen molar-refractivity contribution < 1.29 is 13.7 Å². The van der Waals surface area contributed by atoms with Crippen LogP contribution in [0.4, 0.5) is 4.39 Å². The molecule has 1 aliphatic carbocycles. The van der Waals surface area contributed by atoms with Crippen molar-refractivity contribution in [3.63, 3.8) is 0 Å². The Bertz CT molecular complexity index is 317. The van der Waals surface area contributed by atoms with Crippen LogP contribution in [0.15, 0.2) is 11.3 Å². The van der Waals surface area contributed by atoms with Crippen LogP contribution in [0.1, 0.15) is 40.5 Å². The fourth-order valence-electron chi connectivity index (χ4n) is 1.88. The predicted octanol–water partition coefficient (Wildman–Crippen LogP) is 1.96. The van der Waals surface area contributed by atoms with Crippen LogP contribution in [0.25, 0.3) is 0 Å². The van der Waals surface area contributed by atoms with Crippen LogP contribution in [0.2, 0.25) is 0 Å². The molecule has 2 N–H and O–H groups in total. The maximum atomic E-state index is 14.0. The smallest absolute Gasteiger partial charge is 0.398 e. The maximum Gasteiger partial charge on any atom is 0.525 e. The van der Waals surface area contributed by atoms with Gasteiger partial charge in [0.1, 0.15) is 5.73 Å². The Labute approximate surface area is 96.3 Å². The topological polar surface area (TPSA) is 44.5 Å². The molecule has 1 heterocycles. The first-order valence-corrected chi connectivity index (χ1v) is 5.71. The molecule has 1 aliphatic heterocycles. The van der Waals surface area contributed by atoms with E-state index in [0.29, 0.717) is 12.8 Å². The summed E-state index contributed by atoms with van der Waals surface area (Å²) in [5.74, 6) is 0. The normalized spacial score (nSPS) is 31.5. The second-order valence-electron chi connectivity index (χ2n) is 5.71. The minimum absolute atomic E-state index is 0.100. The highest BCUT2D eigenvalue weighted by molar-refractivity contribution is 6.53. The van der Waals surface area contributed by atoms with Crippen molar-refractivity contribution in [2.75, 3.05) is 0 Å². The Balaban J connectivity index is 2.12. The predicted molar refractivity (Wildman–Crippen MR) is 61.4 cm³/mol. The fraction of sp³-hybridized carbons (Fsp3) is 0.818.